The highest BCUT2D eigenvalue weighted by atomic mass is 16.3. The summed E-state index contributed by atoms with van der Waals surface area (Å²) in [5.74, 6) is -0.708. The number of fused-ring (bicyclic) bond motifs is 1. The fourth-order valence-corrected chi connectivity index (χ4v) is 2.97. The van der Waals surface area contributed by atoms with Crippen molar-refractivity contribution in [3.05, 3.63) is 102 Å². The summed E-state index contributed by atoms with van der Waals surface area (Å²) in [6, 6.07) is 23.7. The number of anilines is 1. The van der Waals surface area contributed by atoms with Crippen molar-refractivity contribution in [2.75, 3.05) is 5.32 Å². The van der Waals surface area contributed by atoms with Crippen molar-refractivity contribution in [1.82, 2.24) is 5.43 Å². The van der Waals surface area contributed by atoms with E-state index in [1.54, 1.807) is 42.6 Å². The van der Waals surface area contributed by atoms with E-state index in [4.69, 9.17) is 4.42 Å². The predicted molar refractivity (Wildman–Crippen MR) is 112 cm³/mol. The molecule has 0 bridgehead atoms. The fourth-order valence-electron chi connectivity index (χ4n) is 2.97. The molecule has 0 fully saturated rings. The van der Waals surface area contributed by atoms with Crippen LogP contribution >= 0.6 is 0 Å². The summed E-state index contributed by atoms with van der Waals surface area (Å²) in [6.07, 6.45) is 3.01. The third-order valence-electron chi connectivity index (χ3n) is 4.36. The van der Waals surface area contributed by atoms with Gasteiger partial charge in [-0.05, 0) is 35.0 Å². The number of hydrazone groups is 1. The first kappa shape index (κ1) is 18.2. The minimum absolute atomic E-state index is 0.161. The molecule has 0 aliphatic carbocycles. The Morgan fingerprint density at radius 2 is 1.62 bits per heavy atom. The molecule has 0 radical (unpaired) electrons. The Morgan fingerprint density at radius 3 is 2.48 bits per heavy atom. The molecule has 2 N–H and O–H groups in total. The summed E-state index contributed by atoms with van der Waals surface area (Å²) >= 11 is 0. The van der Waals surface area contributed by atoms with Gasteiger partial charge in [-0.2, -0.15) is 5.10 Å². The van der Waals surface area contributed by atoms with Gasteiger partial charge in [0.05, 0.1) is 23.7 Å². The van der Waals surface area contributed by atoms with Crippen LogP contribution in [0.4, 0.5) is 5.69 Å². The number of benzene rings is 3. The highest BCUT2D eigenvalue weighted by Gasteiger charge is 2.15. The van der Waals surface area contributed by atoms with Gasteiger partial charge in [-0.3, -0.25) is 9.59 Å². The number of carbonyl (C=O) groups excluding carboxylic acids is 2. The zero-order valence-corrected chi connectivity index (χ0v) is 15.3. The van der Waals surface area contributed by atoms with E-state index in [1.807, 2.05) is 42.5 Å². The Bertz CT molecular complexity index is 1190. The van der Waals surface area contributed by atoms with E-state index >= 15 is 0 Å². The van der Waals surface area contributed by atoms with Gasteiger partial charge in [-0.15, -0.1) is 0 Å². The van der Waals surface area contributed by atoms with Gasteiger partial charge in [0.15, 0.2) is 5.76 Å². The van der Waals surface area contributed by atoms with Crippen LogP contribution in [-0.4, -0.2) is 18.0 Å². The minimum Gasteiger partial charge on any atom is -0.459 e. The summed E-state index contributed by atoms with van der Waals surface area (Å²) < 4.78 is 5.08. The Kier molecular flexibility index (Phi) is 5.16. The standard InChI is InChI=1S/C23H17N3O3/c27-22(26-24-15-17-9-5-8-16-7-1-2-10-18(16)17)19-11-3-4-12-20(19)25-23(28)21-13-6-14-29-21/h1-15H,(H,25,28)(H,26,27)/b24-15-. The van der Waals surface area contributed by atoms with Gasteiger partial charge in [-0.25, -0.2) is 5.43 Å². The lowest BCUT2D eigenvalue weighted by Crippen LogP contribution is -2.21. The molecule has 1 aromatic heterocycles. The summed E-state index contributed by atoms with van der Waals surface area (Å²) in [7, 11) is 0. The normalized spacial score (nSPS) is 10.9. The average molecular weight is 383 g/mol. The first-order valence-corrected chi connectivity index (χ1v) is 8.97. The Morgan fingerprint density at radius 1 is 0.828 bits per heavy atom. The quantitative estimate of drug-likeness (QED) is 0.394. The first-order chi connectivity index (χ1) is 14.2. The molecule has 29 heavy (non-hydrogen) atoms. The van der Waals surface area contributed by atoms with Crippen LogP contribution in [0.15, 0.2) is 94.6 Å². The second-order valence-corrected chi connectivity index (χ2v) is 6.24. The fraction of sp³-hybridized carbons (Fsp3) is 0. The zero-order chi connectivity index (χ0) is 20.1. The zero-order valence-electron chi connectivity index (χ0n) is 15.3. The number of hydrogen-bond donors (Lipinski definition) is 2. The molecule has 142 valence electrons. The van der Waals surface area contributed by atoms with E-state index in [1.165, 1.54) is 6.26 Å². The maximum absolute atomic E-state index is 12.6. The largest absolute Gasteiger partial charge is 0.459 e. The molecule has 0 atom stereocenters. The second-order valence-electron chi connectivity index (χ2n) is 6.24. The molecule has 0 saturated carbocycles. The molecule has 0 saturated heterocycles. The van der Waals surface area contributed by atoms with Crippen LogP contribution in [-0.2, 0) is 0 Å². The van der Waals surface area contributed by atoms with Gasteiger partial charge < -0.3 is 9.73 Å². The Hall–Kier alpha value is -4.19. The van der Waals surface area contributed by atoms with Crippen LogP contribution in [0, 0.1) is 0 Å². The highest BCUT2D eigenvalue weighted by molar-refractivity contribution is 6.08. The molecule has 0 spiro atoms. The first-order valence-electron chi connectivity index (χ1n) is 8.97. The van der Waals surface area contributed by atoms with Crippen molar-refractivity contribution in [2.24, 2.45) is 5.10 Å². The lowest BCUT2D eigenvalue weighted by Gasteiger charge is -2.09. The number of para-hydroxylation sites is 1. The van der Waals surface area contributed by atoms with Crippen molar-refractivity contribution in [3.63, 3.8) is 0 Å². The summed E-state index contributed by atoms with van der Waals surface area (Å²) in [6.45, 7) is 0. The molecular formula is C23H17N3O3. The Balaban J connectivity index is 1.50. The van der Waals surface area contributed by atoms with Crippen LogP contribution in [0.25, 0.3) is 10.8 Å². The van der Waals surface area contributed by atoms with Crippen LogP contribution in [0.3, 0.4) is 0 Å². The summed E-state index contributed by atoms with van der Waals surface area (Å²) in [5.41, 5.74) is 4.07. The van der Waals surface area contributed by atoms with E-state index in [9.17, 15) is 9.59 Å². The lowest BCUT2D eigenvalue weighted by atomic mass is 10.1. The van der Waals surface area contributed by atoms with Crippen molar-refractivity contribution in [3.8, 4) is 0 Å². The molecule has 6 nitrogen and oxygen atoms in total. The van der Waals surface area contributed by atoms with E-state index in [-0.39, 0.29) is 5.76 Å². The van der Waals surface area contributed by atoms with Crippen molar-refractivity contribution < 1.29 is 14.0 Å². The van der Waals surface area contributed by atoms with Gasteiger partial charge in [0.2, 0.25) is 0 Å². The second kappa shape index (κ2) is 8.22. The molecule has 6 heteroatoms. The SMILES string of the molecule is O=C(Nc1ccccc1C(=O)N/N=C\c1cccc2ccccc12)c1ccco1. The van der Waals surface area contributed by atoms with E-state index < -0.39 is 11.8 Å². The highest BCUT2D eigenvalue weighted by Crippen LogP contribution is 2.18. The van der Waals surface area contributed by atoms with E-state index in [2.05, 4.69) is 15.8 Å². The van der Waals surface area contributed by atoms with Gasteiger partial charge in [0, 0.05) is 5.56 Å². The molecule has 3 aromatic carbocycles. The Labute approximate surface area is 166 Å². The van der Waals surface area contributed by atoms with Crippen LogP contribution in [0.5, 0.6) is 0 Å². The summed E-state index contributed by atoms with van der Waals surface area (Å²) in [5, 5.41) is 8.90. The number of furan rings is 1. The molecule has 4 aromatic rings. The van der Waals surface area contributed by atoms with Gasteiger partial charge in [0.1, 0.15) is 0 Å². The maximum atomic E-state index is 12.6. The smallest absolute Gasteiger partial charge is 0.291 e. The van der Waals surface area contributed by atoms with Crippen molar-refractivity contribution in [1.29, 1.82) is 0 Å². The molecule has 0 aliphatic heterocycles. The van der Waals surface area contributed by atoms with Crippen molar-refractivity contribution >= 4 is 34.5 Å². The van der Waals surface area contributed by atoms with E-state index in [0.717, 1.165) is 16.3 Å². The molecule has 2 amide bonds. The average Bonchev–Trinajstić information content (AvgIpc) is 3.29. The van der Waals surface area contributed by atoms with Gasteiger partial charge >= 0.3 is 0 Å². The van der Waals surface area contributed by atoms with Gasteiger partial charge in [0.25, 0.3) is 11.8 Å². The number of amides is 2. The topological polar surface area (TPSA) is 83.7 Å². The molecular weight excluding hydrogens is 366 g/mol. The third-order valence-corrected chi connectivity index (χ3v) is 4.36. The van der Waals surface area contributed by atoms with Crippen molar-refractivity contribution in [2.45, 2.75) is 0 Å². The third kappa shape index (κ3) is 4.06. The number of rotatable bonds is 5. The monoisotopic (exact) mass is 383 g/mol. The van der Waals surface area contributed by atoms with Gasteiger partial charge in [-0.1, -0.05) is 54.6 Å². The van der Waals surface area contributed by atoms with Crippen LogP contribution in [0.2, 0.25) is 0 Å². The minimum atomic E-state index is -0.436. The van der Waals surface area contributed by atoms with Crippen LogP contribution < -0.4 is 10.7 Å². The summed E-state index contributed by atoms with van der Waals surface area (Å²) in [4.78, 5) is 24.8. The lowest BCUT2D eigenvalue weighted by molar-refractivity contribution is 0.0956. The predicted octanol–water partition coefficient (Wildman–Crippen LogP) is 4.45. The number of nitrogens with one attached hydrogen (secondary N) is 2. The number of carbonyl (C=O) groups is 2. The van der Waals surface area contributed by atoms with E-state index in [0.29, 0.717) is 11.3 Å². The molecule has 1 heterocycles. The van der Waals surface area contributed by atoms with Crippen LogP contribution in [0.1, 0.15) is 26.5 Å². The number of nitrogens with zero attached hydrogens (tertiary/aromatic N) is 1. The maximum Gasteiger partial charge on any atom is 0.291 e. The molecule has 4 rings (SSSR count). The molecule has 0 unspecified atom stereocenters. The molecule has 0 aliphatic rings. The number of hydrogen-bond acceptors (Lipinski definition) is 4.